The van der Waals surface area contributed by atoms with E-state index in [1.165, 1.54) is 38.8 Å². The van der Waals surface area contributed by atoms with Crippen LogP contribution in [0, 0.1) is 11.8 Å². The van der Waals surface area contributed by atoms with E-state index in [1.807, 2.05) is 0 Å². The zero-order valence-corrected chi connectivity index (χ0v) is 8.71. The van der Waals surface area contributed by atoms with Gasteiger partial charge in [0, 0.05) is 19.1 Å². The molecule has 2 rings (SSSR count). The molecule has 0 bridgehead atoms. The molecule has 0 radical (unpaired) electrons. The molecule has 2 fully saturated rings. The van der Waals surface area contributed by atoms with Crippen molar-refractivity contribution in [3.8, 4) is 0 Å². The summed E-state index contributed by atoms with van der Waals surface area (Å²) in [5, 5.41) is 0. The van der Waals surface area contributed by atoms with Crippen LogP contribution < -0.4 is 5.73 Å². The van der Waals surface area contributed by atoms with Crippen LogP contribution in [-0.2, 0) is 0 Å². The van der Waals surface area contributed by atoms with Crippen molar-refractivity contribution in [3.63, 3.8) is 0 Å². The Hall–Kier alpha value is -0.0800. The molecule has 2 heteroatoms. The highest BCUT2D eigenvalue weighted by molar-refractivity contribution is 4.90. The Morgan fingerprint density at radius 2 is 1.92 bits per heavy atom. The van der Waals surface area contributed by atoms with Crippen LogP contribution in [-0.4, -0.2) is 30.6 Å². The molecule has 76 valence electrons. The maximum absolute atomic E-state index is 5.59. The van der Waals surface area contributed by atoms with Gasteiger partial charge in [-0.1, -0.05) is 6.42 Å². The van der Waals surface area contributed by atoms with Crippen LogP contribution in [0.5, 0.6) is 0 Å². The topological polar surface area (TPSA) is 29.3 Å². The van der Waals surface area contributed by atoms with Crippen molar-refractivity contribution in [1.29, 1.82) is 0 Å². The zero-order valence-electron chi connectivity index (χ0n) is 8.71. The summed E-state index contributed by atoms with van der Waals surface area (Å²) in [4.78, 5) is 2.65. The minimum absolute atomic E-state index is 0.718. The molecular weight excluding hydrogens is 160 g/mol. The minimum Gasteiger partial charge on any atom is -0.330 e. The van der Waals surface area contributed by atoms with Gasteiger partial charge in [-0.2, -0.15) is 0 Å². The molecule has 1 saturated heterocycles. The van der Waals surface area contributed by atoms with Crippen LogP contribution >= 0.6 is 0 Å². The number of hydrogen-bond acceptors (Lipinski definition) is 2. The van der Waals surface area contributed by atoms with Gasteiger partial charge in [0.15, 0.2) is 0 Å². The van der Waals surface area contributed by atoms with E-state index in [-0.39, 0.29) is 0 Å². The molecule has 0 aromatic heterocycles. The minimum atomic E-state index is 0.718. The van der Waals surface area contributed by atoms with Gasteiger partial charge in [-0.15, -0.1) is 0 Å². The monoisotopic (exact) mass is 182 g/mol. The van der Waals surface area contributed by atoms with Crippen molar-refractivity contribution in [1.82, 2.24) is 4.90 Å². The van der Waals surface area contributed by atoms with E-state index in [4.69, 9.17) is 5.73 Å². The van der Waals surface area contributed by atoms with Crippen LogP contribution in [0.4, 0.5) is 0 Å². The molecule has 1 saturated carbocycles. The van der Waals surface area contributed by atoms with Crippen molar-refractivity contribution < 1.29 is 0 Å². The van der Waals surface area contributed by atoms with Gasteiger partial charge in [0.1, 0.15) is 0 Å². The fourth-order valence-corrected chi connectivity index (χ4v) is 3.05. The highest BCUT2D eigenvalue weighted by atomic mass is 15.2. The lowest BCUT2D eigenvalue weighted by Gasteiger charge is -2.24. The third-order valence-electron chi connectivity index (χ3n) is 3.96. The second-order valence-corrected chi connectivity index (χ2v) is 4.83. The van der Waals surface area contributed by atoms with Gasteiger partial charge >= 0.3 is 0 Å². The first-order valence-electron chi connectivity index (χ1n) is 5.75. The molecule has 0 aromatic carbocycles. The van der Waals surface area contributed by atoms with Gasteiger partial charge in [0.2, 0.25) is 0 Å². The summed E-state index contributed by atoms with van der Waals surface area (Å²) in [5.74, 6) is 2.06. The quantitative estimate of drug-likeness (QED) is 0.716. The highest BCUT2D eigenvalue weighted by Gasteiger charge is 2.37. The predicted octanol–water partition coefficient (Wildman–Crippen LogP) is 1.46. The van der Waals surface area contributed by atoms with E-state index in [9.17, 15) is 0 Å². The van der Waals surface area contributed by atoms with Crippen LogP contribution in [0.15, 0.2) is 0 Å². The molecule has 0 amide bonds. The molecule has 3 atom stereocenters. The first kappa shape index (κ1) is 9.47. The van der Waals surface area contributed by atoms with Crippen molar-refractivity contribution in [2.45, 2.75) is 38.6 Å². The highest BCUT2D eigenvalue weighted by Crippen LogP contribution is 2.38. The van der Waals surface area contributed by atoms with Crippen molar-refractivity contribution in [2.24, 2.45) is 17.6 Å². The molecular formula is C11H22N2. The Bertz CT molecular complexity index is 157. The van der Waals surface area contributed by atoms with E-state index in [1.54, 1.807) is 0 Å². The van der Waals surface area contributed by atoms with Gasteiger partial charge in [-0.25, -0.2) is 0 Å². The number of fused-ring (bicyclic) bond motifs is 1. The second kappa shape index (κ2) is 3.97. The predicted molar refractivity (Wildman–Crippen MR) is 55.5 cm³/mol. The summed E-state index contributed by atoms with van der Waals surface area (Å²) in [6.45, 7) is 5.87. The van der Waals surface area contributed by atoms with Crippen molar-refractivity contribution in [3.05, 3.63) is 0 Å². The van der Waals surface area contributed by atoms with Crippen LogP contribution in [0.3, 0.4) is 0 Å². The molecule has 0 aromatic rings. The average Bonchev–Trinajstić information content (AvgIpc) is 2.61. The molecule has 1 aliphatic heterocycles. The number of rotatable bonds is 3. The molecule has 2 aliphatic rings. The van der Waals surface area contributed by atoms with E-state index in [0.29, 0.717) is 0 Å². The molecule has 2 N–H and O–H groups in total. The molecule has 1 heterocycles. The zero-order chi connectivity index (χ0) is 9.26. The van der Waals surface area contributed by atoms with Crippen molar-refractivity contribution in [2.75, 3.05) is 19.6 Å². The fourth-order valence-electron chi connectivity index (χ4n) is 3.05. The normalized spacial score (nSPS) is 36.5. The van der Waals surface area contributed by atoms with E-state index < -0.39 is 0 Å². The lowest BCUT2D eigenvalue weighted by Crippen LogP contribution is -2.33. The van der Waals surface area contributed by atoms with Gasteiger partial charge in [0.05, 0.1) is 0 Å². The third-order valence-corrected chi connectivity index (χ3v) is 3.96. The summed E-state index contributed by atoms with van der Waals surface area (Å²) in [7, 11) is 0. The molecule has 13 heavy (non-hydrogen) atoms. The van der Waals surface area contributed by atoms with Crippen LogP contribution in [0.25, 0.3) is 0 Å². The Labute approximate surface area is 81.5 Å². The first-order chi connectivity index (χ1) is 6.31. The van der Waals surface area contributed by atoms with Gasteiger partial charge < -0.3 is 10.6 Å². The van der Waals surface area contributed by atoms with Crippen molar-refractivity contribution >= 4 is 0 Å². The average molecular weight is 182 g/mol. The molecule has 2 nitrogen and oxygen atoms in total. The van der Waals surface area contributed by atoms with Gasteiger partial charge in [-0.3, -0.25) is 0 Å². The summed E-state index contributed by atoms with van der Waals surface area (Å²) in [5.41, 5.74) is 5.59. The largest absolute Gasteiger partial charge is 0.330 e. The number of hydrogen-bond donors (Lipinski definition) is 1. The maximum atomic E-state index is 5.59. The van der Waals surface area contributed by atoms with Gasteiger partial charge in [-0.05, 0) is 44.6 Å². The number of nitrogens with two attached hydrogens (primary N) is 1. The van der Waals surface area contributed by atoms with E-state index in [0.717, 1.165) is 24.4 Å². The Morgan fingerprint density at radius 1 is 1.31 bits per heavy atom. The fraction of sp³-hybridized carbons (Fsp3) is 1.00. The Morgan fingerprint density at radius 3 is 2.46 bits per heavy atom. The lowest BCUT2D eigenvalue weighted by atomic mass is 10.0. The summed E-state index contributed by atoms with van der Waals surface area (Å²) in [6, 6.07) is 0.718. The molecule has 3 unspecified atom stereocenters. The van der Waals surface area contributed by atoms with E-state index in [2.05, 4.69) is 11.8 Å². The van der Waals surface area contributed by atoms with Crippen LogP contribution in [0.2, 0.25) is 0 Å². The first-order valence-corrected chi connectivity index (χ1v) is 5.75. The lowest BCUT2D eigenvalue weighted by molar-refractivity contribution is 0.231. The third kappa shape index (κ3) is 1.89. The SMILES string of the molecule is CC(CCN)N1CC2CCCC2C1. The van der Waals surface area contributed by atoms with Gasteiger partial charge in [0.25, 0.3) is 0 Å². The number of nitrogens with zero attached hydrogens (tertiary/aromatic N) is 1. The maximum Gasteiger partial charge on any atom is 0.00791 e. The second-order valence-electron chi connectivity index (χ2n) is 4.83. The Kier molecular flexibility index (Phi) is 2.89. The smallest absolute Gasteiger partial charge is 0.00791 e. The Balaban J connectivity index is 1.84. The molecule has 1 aliphatic carbocycles. The van der Waals surface area contributed by atoms with E-state index >= 15 is 0 Å². The summed E-state index contributed by atoms with van der Waals surface area (Å²) >= 11 is 0. The summed E-state index contributed by atoms with van der Waals surface area (Å²) in [6.07, 6.45) is 5.61. The van der Waals surface area contributed by atoms with Crippen LogP contribution in [0.1, 0.15) is 32.6 Å². The summed E-state index contributed by atoms with van der Waals surface area (Å²) < 4.78 is 0. The molecule has 0 spiro atoms. The number of likely N-dealkylation sites (tertiary alicyclic amines) is 1. The standard InChI is InChI=1S/C11H22N2/c1-9(5-6-12)13-7-10-3-2-4-11(10)8-13/h9-11H,2-8,12H2,1H3.